The first-order chi connectivity index (χ1) is 14.5. The van der Waals surface area contributed by atoms with E-state index in [4.69, 9.17) is 9.47 Å². The molecule has 4 nitrogen and oxygen atoms in total. The predicted octanol–water partition coefficient (Wildman–Crippen LogP) is 6.31. The molecule has 3 aromatic rings. The highest BCUT2D eigenvalue weighted by molar-refractivity contribution is 9.10. The smallest absolute Gasteiger partial charge is 0.248 e. The summed E-state index contributed by atoms with van der Waals surface area (Å²) >= 11 is 3.47. The first-order valence-corrected chi connectivity index (χ1v) is 10.4. The number of hydrogen-bond donors (Lipinski definition) is 1. The number of benzene rings is 3. The fourth-order valence-electron chi connectivity index (χ4n) is 2.90. The van der Waals surface area contributed by atoms with Crippen molar-refractivity contribution in [2.75, 3.05) is 12.4 Å². The minimum Gasteiger partial charge on any atom is -0.493 e. The average Bonchev–Trinajstić information content (AvgIpc) is 2.74. The van der Waals surface area contributed by atoms with Crippen LogP contribution < -0.4 is 14.8 Å². The largest absolute Gasteiger partial charge is 0.493 e. The van der Waals surface area contributed by atoms with Crippen LogP contribution in [0.5, 0.6) is 11.5 Å². The fraction of sp³-hybridized carbons (Fsp3) is 0.160. The number of anilines is 1. The van der Waals surface area contributed by atoms with Gasteiger partial charge in [0.1, 0.15) is 6.61 Å². The number of hydrogen-bond acceptors (Lipinski definition) is 3. The molecule has 0 aliphatic heterocycles. The summed E-state index contributed by atoms with van der Waals surface area (Å²) in [5.41, 5.74) is 5.00. The van der Waals surface area contributed by atoms with Crippen LogP contribution in [0.25, 0.3) is 6.08 Å². The minimum atomic E-state index is -0.210. The summed E-state index contributed by atoms with van der Waals surface area (Å²) in [6.07, 6.45) is 3.24. The molecule has 0 aliphatic carbocycles. The van der Waals surface area contributed by atoms with Gasteiger partial charge < -0.3 is 14.8 Å². The SMILES string of the molecule is COc1cc(C=CC(=O)Nc2ccc(C)cc2Br)ccc1OCc1ccccc1C. The number of aryl methyl sites for hydroxylation is 2. The van der Waals surface area contributed by atoms with Gasteiger partial charge in [0, 0.05) is 10.5 Å². The fourth-order valence-corrected chi connectivity index (χ4v) is 3.49. The molecule has 5 heteroatoms. The van der Waals surface area contributed by atoms with Crippen molar-refractivity contribution in [2.24, 2.45) is 0 Å². The van der Waals surface area contributed by atoms with Crippen molar-refractivity contribution >= 4 is 33.6 Å². The normalized spacial score (nSPS) is 10.8. The first-order valence-electron chi connectivity index (χ1n) is 9.57. The van der Waals surface area contributed by atoms with Crippen molar-refractivity contribution in [1.82, 2.24) is 0 Å². The van der Waals surface area contributed by atoms with Gasteiger partial charge in [0.25, 0.3) is 0 Å². The zero-order chi connectivity index (χ0) is 21.5. The second-order valence-corrected chi connectivity index (χ2v) is 7.79. The van der Waals surface area contributed by atoms with Crippen LogP contribution in [0, 0.1) is 13.8 Å². The molecule has 0 saturated carbocycles. The molecule has 3 rings (SSSR count). The third-order valence-electron chi connectivity index (χ3n) is 4.64. The number of ether oxygens (including phenoxy) is 2. The van der Waals surface area contributed by atoms with Crippen LogP contribution in [-0.4, -0.2) is 13.0 Å². The zero-order valence-corrected chi connectivity index (χ0v) is 18.8. The maximum absolute atomic E-state index is 12.3. The molecule has 0 unspecified atom stereocenters. The summed E-state index contributed by atoms with van der Waals surface area (Å²) in [5, 5.41) is 2.86. The van der Waals surface area contributed by atoms with E-state index < -0.39 is 0 Å². The van der Waals surface area contributed by atoms with Crippen LogP contribution in [0.4, 0.5) is 5.69 Å². The molecule has 1 amide bonds. The van der Waals surface area contributed by atoms with Crippen LogP contribution in [0.3, 0.4) is 0 Å². The molecule has 0 aromatic heterocycles. The highest BCUT2D eigenvalue weighted by Gasteiger charge is 2.07. The van der Waals surface area contributed by atoms with E-state index >= 15 is 0 Å². The number of carbonyl (C=O) groups is 1. The summed E-state index contributed by atoms with van der Waals surface area (Å²) < 4.78 is 12.3. The van der Waals surface area contributed by atoms with Crippen molar-refractivity contribution in [1.29, 1.82) is 0 Å². The van der Waals surface area contributed by atoms with E-state index in [9.17, 15) is 4.79 Å². The van der Waals surface area contributed by atoms with Gasteiger partial charge in [0.2, 0.25) is 5.91 Å². The van der Waals surface area contributed by atoms with Gasteiger partial charge in [-0.1, -0.05) is 36.4 Å². The molecule has 0 heterocycles. The summed E-state index contributed by atoms with van der Waals surface area (Å²) in [6.45, 7) is 4.52. The number of amides is 1. The lowest BCUT2D eigenvalue weighted by molar-refractivity contribution is -0.111. The first kappa shape index (κ1) is 21.7. The van der Waals surface area contributed by atoms with E-state index in [0.29, 0.717) is 18.1 Å². The van der Waals surface area contributed by atoms with E-state index in [0.717, 1.165) is 26.9 Å². The highest BCUT2D eigenvalue weighted by Crippen LogP contribution is 2.30. The topological polar surface area (TPSA) is 47.6 Å². The third-order valence-corrected chi connectivity index (χ3v) is 5.30. The van der Waals surface area contributed by atoms with E-state index in [1.807, 2.05) is 61.5 Å². The number of rotatable bonds is 7. The molecule has 154 valence electrons. The molecular formula is C25H24BrNO3. The van der Waals surface area contributed by atoms with Gasteiger partial charge in [-0.15, -0.1) is 0 Å². The Kier molecular flexibility index (Phi) is 7.31. The maximum Gasteiger partial charge on any atom is 0.248 e. The van der Waals surface area contributed by atoms with E-state index in [2.05, 4.69) is 34.2 Å². The lowest BCUT2D eigenvalue weighted by Gasteiger charge is -2.12. The summed E-state index contributed by atoms with van der Waals surface area (Å²) in [6, 6.07) is 19.5. The Labute approximate surface area is 185 Å². The summed E-state index contributed by atoms with van der Waals surface area (Å²) in [5.74, 6) is 1.07. The lowest BCUT2D eigenvalue weighted by Crippen LogP contribution is -2.08. The lowest BCUT2D eigenvalue weighted by atomic mass is 10.1. The van der Waals surface area contributed by atoms with Gasteiger partial charge in [-0.25, -0.2) is 0 Å². The van der Waals surface area contributed by atoms with Crippen molar-refractivity contribution in [3.63, 3.8) is 0 Å². The van der Waals surface area contributed by atoms with Gasteiger partial charge >= 0.3 is 0 Å². The molecule has 0 spiro atoms. The van der Waals surface area contributed by atoms with Gasteiger partial charge in [-0.2, -0.15) is 0 Å². The Balaban J connectivity index is 1.66. The maximum atomic E-state index is 12.3. The number of carbonyl (C=O) groups excluding carboxylic acids is 1. The van der Waals surface area contributed by atoms with Crippen LogP contribution in [0.1, 0.15) is 22.3 Å². The Hall–Kier alpha value is -3.05. The quantitative estimate of drug-likeness (QED) is 0.416. The molecule has 0 saturated heterocycles. The third kappa shape index (κ3) is 5.74. The molecule has 0 bridgehead atoms. The monoisotopic (exact) mass is 465 g/mol. The van der Waals surface area contributed by atoms with Crippen molar-refractivity contribution in [2.45, 2.75) is 20.5 Å². The van der Waals surface area contributed by atoms with Gasteiger partial charge in [-0.05, 0) is 82.4 Å². The van der Waals surface area contributed by atoms with Crippen LogP contribution in [0.15, 0.2) is 71.2 Å². The van der Waals surface area contributed by atoms with Crippen LogP contribution in [0.2, 0.25) is 0 Å². The van der Waals surface area contributed by atoms with Crippen molar-refractivity contribution < 1.29 is 14.3 Å². The Bertz CT molecular complexity index is 1080. The standard InChI is InChI=1S/C25H24BrNO3/c1-17-8-11-22(21(26)14-17)27-25(28)13-10-19-9-12-23(24(15-19)29-3)30-16-20-7-5-4-6-18(20)2/h4-15H,16H2,1-3H3,(H,27,28). The Morgan fingerprint density at radius 2 is 1.83 bits per heavy atom. The second kappa shape index (κ2) is 10.1. The van der Waals surface area contributed by atoms with Crippen molar-refractivity contribution in [3.05, 3.63) is 93.5 Å². The van der Waals surface area contributed by atoms with Gasteiger partial charge in [0.15, 0.2) is 11.5 Å². The molecular weight excluding hydrogens is 442 g/mol. The van der Waals surface area contributed by atoms with E-state index in [1.165, 1.54) is 11.6 Å². The van der Waals surface area contributed by atoms with Gasteiger partial charge in [-0.3, -0.25) is 4.79 Å². The molecule has 0 atom stereocenters. The highest BCUT2D eigenvalue weighted by atomic mass is 79.9. The molecule has 0 aliphatic rings. The average molecular weight is 466 g/mol. The summed E-state index contributed by atoms with van der Waals surface area (Å²) in [7, 11) is 1.60. The Morgan fingerprint density at radius 3 is 2.57 bits per heavy atom. The molecule has 0 radical (unpaired) electrons. The molecule has 1 N–H and O–H groups in total. The van der Waals surface area contributed by atoms with E-state index in [-0.39, 0.29) is 5.91 Å². The predicted molar refractivity (Wildman–Crippen MR) is 125 cm³/mol. The number of methoxy groups -OCH3 is 1. The van der Waals surface area contributed by atoms with Gasteiger partial charge in [0.05, 0.1) is 12.8 Å². The summed E-state index contributed by atoms with van der Waals surface area (Å²) in [4.78, 5) is 12.3. The molecule has 0 fully saturated rings. The number of nitrogens with one attached hydrogen (secondary N) is 1. The zero-order valence-electron chi connectivity index (χ0n) is 17.2. The van der Waals surface area contributed by atoms with Crippen molar-refractivity contribution in [3.8, 4) is 11.5 Å². The second-order valence-electron chi connectivity index (χ2n) is 6.93. The molecule has 3 aromatic carbocycles. The van der Waals surface area contributed by atoms with E-state index in [1.54, 1.807) is 13.2 Å². The number of halogens is 1. The molecule has 30 heavy (non-hydrogen) atoms. The van der Waals surface area contributed by atoms with Crippen LogP contribution >= 0.6 is 15.9 Å². The van der Waals surface area contributed by atoms with Crippen LogP contribution in [-0.2, 0) is 11.4 Å². The Morgan fingerprint density at radius 1 is 1.03 bits per heavy atom. The minimum absolute atomic E-state index is 0.210.